The molecule has 0 unspecified atom stereocenters. The number of halogens is 1. The van der Waals surface area contributed by atoms with Crippen LogP contribution in [0.4, 0.5) is 4.39 Å². The highest BCUT2D eigenvalue weighted by Gasteiger charge is 2.05. The number of carbonyl (C=O) groups is 1. The Morgan fingerprint density at radius 3 is 2.92 bits per heavy atom. The van der Waals surface area contributed by atoms with Gasteiger partial charge in [0.2, 0.25) is 0 Å². The first-order valence-corrected chi connectivity index (χ1v) is 4.64. The van der Waals surface area contributed by atoms with E-state index in [9.17, 15) is 9.18 Å². The lowest BCUT2D eigenvalue weighted by Crippen LogP contribution is -1.89. The van der Waals surface area contributed by atoms with E-state index in [-0.39, 0.29) is 5.56 Å². The predicted molar refractivity (Wildman–Crippen MR) is 48.2 cm³/mol. The van der Waals surface area contributed by atoms with Crippen molar-refractivity contribution in [3.05, 3.63) is 29.6 Å². The van der Waals surface area contributed by atoms with Crippen LogP contribution in [-0.2, 0) is 0 Å². The molecule has 0 N–H and O–H groups in total. The minimum absolute atomic E-state index is 0.133. The Bertz CT molecular complexity index is 286. The van der Waals surface area contributed by atoms with E-state index in [4.69, 9.17) is 0 Å². The molecule has 64 valence electrons. The van der Waals surface area contributed by atoms with Crippen LogP contribution >= 0.6 is 11.8 Å². The third kappa shape index (κ3) is 1.85. The fraction of sp³-hybridized carbons (Fsp3) is 0.222. The fourth-order valence-corrected chi connectivity index (χ4v) is 1.62. The lowest BCUT2D eigenvalue weighted by molar-refractivity contribution is 0.111. The van der Waals surface area contributed by atoms with Crippen molar-refractivity contribution in [1.29, 1.82) is 0 Å². The van der Waals surface area contributed by atoms with Gasteiger partial charge in [-0.05, 0) is 17.9 Å². The molecule has 0 fully saturated rings. The smallest absolute Gasteiger partial charge is 0.153 e. The van der Waals surface area contributed by atoms with Gasteiger partial charge in [-0.1, -0.05) is 13.0 Å². The molecule has 0 saturated heterocycles. The molecule has 0 aliphatic rings. The molecule has 1 aromatic rings. The molecule has 1 rings (SSSR count). The van der Waals surface area contributed by atoms with E-state index >= 15 is 0 Å². The fourth-order valence-electron chi connectivity index (χ4n) is 0.886. The van der Waals surface area contributed by atoms with Crippen molar-refractivity contribution in [1.82, 2.24) is 0 Å². The zero-order valence-electron chi connectivity index (χ0n) is 6.71. The van der Waals surface area contributed by atoms with E-state index in [1.165, 1.54) is 17.8 Å². The Morgan fingerprint density at radius 1 is 1.58 bits per heavy atom. The van der Waals surface area contributed by atoms with Crippen LogP contribution in [0.3, 0.4) is 0 Å². The van der Waals surface area contributed by atoms with Gasteiger partial charge < -0.3 is 0 Å². The van der Waals surface area contributed by atoms with Crippen molar-refractivity contribution < 1.29 is 9.18 Å². The van der Waals surface area contributed by atoms with Crippen LogP contribution in [0.5, 0.6) is 0 Å². The van der Waals surface area contributed by atoms with Crippen LogP contribution in [0.15, 0.2) is 23.1 Å². The largest absolute Gasteiger partial charge is 0.298 e. The monoisotopic (exact) mass is 184 g/mol. The van der Waals surface area contributed by atoms with Gasteiger partial charge in [0.15, 0.2) is 6.29 Å². The number of aldehydes is 1. The van der Waals surface area contributed by atoms with Gasteiger partial charge in [-0.2, -0.15) is 0 Å². The Hall–Kier alpha value is -0.830. The topological polar surface area (TPSA) is 17.1 Å². The average Bonchev–Trinajstić information content (AvgIpc) is 2.09. The molecule has 1 nitrogen and oxygen atoms in total. The summed E-state index contributed by atoms with van der Waals surface area (Å²) in [5, 5.41) is 0. The van der Waals surface area contributed by atoms with Gasteiger partial charge in [0.1, 0.15) is 5.82 Å². The number of rotatable bonds is 3. The second-order valence-corrected chi connectivity index (χ2v) is 3.52. The quantitative estimate of drug-likeness (QED) is 0.530. The zero-order valence-corrected chi connectivity index (χ0v) is 7.53. The van der Waals surface area contributed by atoms with Gasteiger partial charge in [-0.25, -0.2) is 4.39 Å². The normalized spacial score (nSPS) is 9.83. The first-order chi connectivity index (χ1) is 5.79. The maximum absolute atomic E-state index is 13.2. The second kappa shape index (κ2) is 4.26. The summed E-state index contributed by atoms with van der Waals surface area (Å²) in [5.74, 6) is 0.401. The third-order valence-corrected chi connectivity index (χ3v) is 2.33. The van der Waals surface area contributed by atoms with Gasteiger partial charge in [0.25, 0.3) is 0 Å². The second-order valence-electron chi connectivity index (χ2n) is 2.21. The molecule has 0 spiro atoms. The zero-order chi connectivity index (χ0) is 8.97. The summed E-state index contributed by atoms with van der Waals surface area (Å²) in [6, 6.07) is 4.84. The maximum atomic E-state index is 13.2. The minimum atomic E-state index is -0.403. The number of benzene rings is 1. The molecule has 0 saturated carbocycles. The molecule has 0 radical (unpaired) electrons. The van der Waals surface area contributed by atoms with Crippen LogP contribution in [0, 0.1) is 5.82 Å². The Morgan fingerprint density at radius 2 is 2.33 bits per heavy atom. The van der Waals surface area contributed by atoms with Crippen LogP contribution in [-0.4, -0.2) is 12.0 Å². The summed E-state index contributed by atoms with van der Waals surface area (Å²) in [6.45, 7) is 1.94. The number of hydrogen-bond acceptors (Lipinski definition) is 2. The van der Waals surface area contributed by atoms with Crippen LogP contribution in [0.25, 0.3) is 0 Å². The van der Waals surface area contributed by atoms with E-state index in [2.05, 4.69) is 0 Å². The van der Waals surface area contributed by atoms with Crippen molar-refractivity contribution in [3.8, 4) is 0 Å². The van der Waals surface area contributed by atoms with Crippen molar-refractivity contribution in [2.45, 2.75) is 11.8 Å². The van der Waals surface area contributed by atoms with Crippen molar-refractivity contribution in [2.75, 3.05) is 5.75 Å². The van der Waals surface area contributed by atoms with Crippen molar-refractivity contribution in [2.24, 2.45) is 0 Å². The summed E-state index contributed by atoms with van der Waals surface area (Å²) in [5.41, 5.74) is 0.133. The van der Waals surface area contributed by atoms with Crippen LogP contribution in [0.1, 0.15) is 17.3 Å². The Labute approximate surface area is 75.0 Å². The highest BCUT2D eigenvalue weighted by atomic mass is 32.2. The molecule has 3 heteroatoms. The summed E-state index contributed by atoms with van der Waals surface area (Å²) >= 11 is 1.40. The predicted octanol–water partition coefficient (Wildman–Crippen LogP) is 2.75. The molecule has 0 bridgehead atoms. The SMILES string of the molecule is CCSc1cccc(C=O)c1F. The van der Waals surface area contributed by atoms with E-state index in [0.29, 0.717) is 11.2 Å². The summed E-state index contributed by atoms with van der Waals surface area (Å²) in [6.07, 6.45) is 0.537. The number of carbonyl (C=O) groups excluding carboxylic acids is 1. The number of hydrogen-bond donors (Lipinski definition) is 0. The Balaban J connectivity index is 3.04. The van der Waals surface area contributed by atoms with Gasteiger partial charge in [0.05, 0.1) is 5.56 Å². The summed E-state index contributed by atoms with van der Waals surface area (Å²) < 4.78 is 13.2. The van der Waals surface area contributed by atoms with Gasteiger partial charge in [-0.3, -0.25) is 4.79 Å². The van der Waals surface area contributed by atoms with E-state index < -0.39 is 5.82 Å². The molecule has 0 heterocycles. The molecule has 0 atom stereocenters. The number of thioether (sulfide) groups is 1. The summed E-state index contributed by atoms with van der Waals surface area (Å²) in [4.78, 5) is 10.9. The average molecular weight is 184 g/mol. The lowest BCUT2D eigenvalue weighted by atomic mass is 10.2. The molecular weight excluding hydrogens is 175 g/mol. The first kappa shape index (κ1) is 9.26. The van der Waals surface area contributed by atoms with Gasteiger partial charge in [0, 0.05) is 4.90 Å². The van der Waals surface area contributed by atoms with Gasteiger partial charge >= 0.3 is 0 Å². The molecule has 12 heavy (non-hydrogen) atoms. The van der Waals surface area contributed by atoms with Crippen molar-refractivity contribution in [3.63, 3.8) is 0 Å². The van der Waals surface area contributed by atoms with E-state index in [1.807, 2.05) is 6.92 Å². The maximum Gasteiger partial charge on any atom is 0.153 e. The standard InChI is InChI=1S/C9H9FOS/c1-2-12-8-5-3-4-7(6-11)9(8)10/h3-6H,2H2,1H3. The highest BCUT2D eigenvalue weighted by Crippen LogP contribution is 2.22. The van der Waals surface area contributed by atoms with Crippen LogP contribution in [0.2, 0.25) is 0 Å². The molecule has 0 aromatic heterocycles. The molecule has 0 amide bonds. The van der Waals surface area contributed by atoms with Gasteiger partial charge in [-0.15, -0.1) is 11.8 Å². The molecular formula is C9H9FOS. The van der Waals surface area contributed by atoms with E-state index in [0.717, 1.165) is 5.75 Å². The molecule has 0 aliphatic heterocycles. The summed E-state index contributed by atoms with van der Waals surface area (Å²) in [7, 11) is 0. The van der Waals surface area contributed by atoms with E-state index in [1.54, 1.807) is 12.1 Å². The molecule has 1 aromatic carbocycles. The van der Waals surface area contributed by atoms with Crippen molar-refractivity contribution >= 4 is 18.0 Å². The lowest BCUT2D eigenvalue weighted by Gasteiger charge is -2.01. The third-order valence-electron chi connectivity index (χ3n) is 1.42. The Kier molecular flexibility index (Phi) is 3.29. The first-order valence-electron chi connectivity index (χ1n) is 3.66. The van der Waals surface area contributed by atoms with Crippen LogP contribution < -0.4 is 0 Å². The highest BCUT2D eigenvalue weighted by molar-refractivity contribution is 7.99. The minimum Gasteiger partial charge on any atom is -0.298 e. The molecule has 0 aliphatic carbocycles.